The number of carbonyl (C=O) groups is 1. The third-order valence-electron chi connectivity index (χ3n) is 2.02. The van der Waals surface area contributed by atoms with Crippen LogP contribution in [-0.4, -0.2) is 12.6 Å². The van der Waals surface area contributed by atoms with E-state index >= 15 is 0 Å². The molecule has 1 aliphatic rings. The summed E-state index contributed by atoms with van der Waals surface area (Å²) in [7, 11) is 0. The third-order valence-corrected chi connectivity index (χ3v) is 2.02. The Hall–Kier alpha value is -1.97. The van der Waals surface area contributed by atoms with Gasteiger partial charge < -0.3 is 9.57 Å². The van der Waals surface area contributed by atoms with Crippen LogP contribution in [0.2, 0.25) is 0 Å². The predicted octanol–water partition coefficient (Wildman–Crippen LogP) is 1.73. The summed E-state index contributed by atoms with van der Waals surface area (Å²) >= 11 is 0. The highest BCUT2D eigenvalue weighted by Gasteiger charge is 2.11. The largest absolute Gasteiger partial charge is 0.462 e. The molecule has 0 saturated heterocycles. The minimum atomic E-state index is -0.313. The Bertz CT molecular complexity index is 412. The van der Waals surface area contributed by atoms with Crippen molar-refractivity contribution >= 4 is 12.0 Å². The van der Waals surface area contributed by atoms with E-state index in [2.05, 4.69) is 5.48 Å². The van der Waals surface area contributed by atoms with Gasteiger partial charge in [0.25, 0.3) is 0 Å². The summed E-state index contributed by atoms with van der Waals surface area (Å²) in [5.41, 5.74) is 4.01. The van der Waals surface area contributed by atoms with Crippen molar-refractivity contribution in [2.45, 2.75) is 6.92 Å². The number of nitrogens with one attached hydrogen (secondary N) is 1. The molecule has 1 aromatic carbocycles. The van der Waals surface area contributed by atoms with Crippen molar-refractivity contribution in [3.63, 3.8) is 0 Å². The number of hydrogen-bond donors (Lipinski definition) is 1. The van der Waals surface area contributed by atoms with Crippen LogP contribution < -0.4 is 10.3 Å². The predicted molar refractivity (Wildman–Crippen MR) is 55.2 cm³/mol. The maximum absolute atomic E-state index is 11.4. The van der Waals surface area contributed by atoms with Gasteiger partial charge in [0.15, 0.2) is 5.75 Å². The molecule has 0 saturated carbocycles. The van der Waals surface area contributed by atoms with Crippen molar-refractivity contribution in [1.82, 2.24) is 5.48 Å². The smallest absolute Gasteiger partial charge is 0.338 e. The SMILES string of the molecule is CCOC(=O)c1ccc2c(c1)C=CNO2. The number of fused-ring (bicyclic) bond motifs is 1. The summed E-state index contributed by atoms with van der Waals surface area (Å²) in [6, 6.07) is 5.15. The van der Waals surface area contributed by atoms with Crippen molar-refractivity contribution in [3.05, 3.63) is 35.5 Å². The van der Waals surface area contributed by atoms with Crippen molar-refractivity contribution < 1.29 is 14.4 Å². The second kappa shape index (κ2) is 4.04. The van der Waals surface area contributed by atoms with Gasteiger partial charge in [-0.25, -0.2) is 10.3 Å². The topological polar surface area (TPSA) is 47.6 Å². The number of rotatable bonds is 2. The molecule has 0 aromatic heterocycles. The molecule has 0 bridgehead atoms. The molecule has 1 N–H and O–H groups in total. The van der Waals surface area contributed by atoms with Crippen LogP contribution in [0.3, 0.4) is 0 Å². The first-order valence-electron chi connectivity index (χ1n) is 4.71. The first-order chi connectivity index (χ1) is 7.31. The Kier molecular flexibility index (Phi) is 2.58. The van der Waals surface area contributed by atoms with Crippen LogP contribution in [-0.2, 0) is 4.74 Å². The Labute approximate surface area is 87.5 Å². The summed E-state index contributed by atoms with van der Waals surface area (Å²) in [4.78, 5) is 16.6. The lowest BCUT2D eigenvalue weighted by Gasteiger charge is -2.13. The highest BCUT2D eigenvalue weighted by molar-refractivity contribution is 5.90. The summed E-state index contributed by atoms with van der Waals surface area (Å²) in [6.07, 6.45) is 3.50. The van der Waals surface area contributed by atoms with Crippen molar-refractivity contribution in [1.29, 1.82) is 0 Å². The summed E-state index contributed by atoms with van der Waals surface area (Å²) in [5, 5.41) is 0. The summed E-state index contributed by atoms with van der Waals surface area (Å²) in [6.45, 7) is 2.16. The fraction of sp³-hybridized carbons (Fsp3) is 0.182. The molecule has 78 valence electrons. The van der Waals surface area contributed by atoms with E-state index in [0.717, 1.165) is 5.56 Å². The minimum Gasteiger partial charge on any atom is -0.462 e. The lowest BCUT2D eigenvalue weighted by molar-refractivity contribution is 0.0526. The lowest BCUT2D eigenvalue weighted by Crippen LogP contribution is -2.15. The molecule has 4 heteroatoms. The Morgan fingerprint density at radius 1 is 1.53 bits per heavy atom. The monoisotopic (exact) mass is 205 g/mol. The Morgan fingerprint density at radius 2 is 2.40 bits per heavy atom. The van der Waals surface area contributed by atoms with Crippen molar-refractivity contribution in [2.75, 3.05) is 6.61 Å². The molecule has 1 heterocycles. The van der Waals surface area contributed by atoms with E-state index in [4.69, 9.17) is 9.57 Å². The van der Waals surface area contributed by atoms with E-state index in [-0.39, 0.29) is 5.97 Å². The van der Waals surface area contributed by atoms with Crippen LogP contribution in [0.4, 0.5) is 0 Å². The number of benzene rings is 1. The number of hydrogen-bond acceptors (Lipinski definition) is 4. The number of esters is 1. The van der Waals surface area contributed by atoms with Crippen LogP contribution in [0, 0.1) is 0 Å². The first-order valence-corrected chi connectivity index (χ1v) is 4.71. The van der Waals surface area contributed by atoms with Gasteiger partial charge in [0.2, 0.25) is 0 Å². The van der Waals surface area contributed by atoms with Gasteiger partial charge in [-0.15, -0.1) is 0 Å². The number of ether oxygens (including phenoxy) is 1. The van der Waals surface area contributed by atoms with Crippen molar-refractivity contribution in [2.24, 2.45) is 0 Å². The second-order valence-corrected chi connectivity index (χ2v) is 3.03. The summed E-state index contributed by atoms with van der Waals surface area (Å²) < 4.78 is 4.90. The fourth-order valence-electron chi connectivity index (χ4n) is 1.33. The van der Waals surface area contributed by atoms with E-state index in [9.17, 15) is 4.79 Å². The highest BCUT2D eigenvalue weighted by Crippen LogP contribution is 2.23. The minimum absolute atomic E-state index is 0.313. The number of hydroxylamine groups is 1. The molecule has 0 radical (unpaired) electrons. The van der Waals surface area contributed by atoms with Gasteiger partial charge in [0, 0.05) is 11.8 Å². The standard InChI is InChI=1S/C11H11NO3/c1-2-14-11(13)9-3-4-10-8(7-9)5-6-12-15-10/h3-7,12H,2H2,1H3. The summed E-state index contributed by atoms with van der Waals surface area (Å²) in [5.74, 6) is 0.387. The molecule has 15 heavy (non-hydrogen) atoms. The molecular formula is C11H11NO3. The zero-order valence-corrected chi connectivity index (χ0v) is 8.32. The van der Waals surface area contributed by atoms with Gasteiger partial charge in [0.05, 0.1) is 12.2 Å². The molecule has 1 aromatic rings. The molecule has 2 rings (SSSR count). The molecule has 0 spiro atoms. The van der Waals surface area contributed by atoms with Gasteiger partial charge in [-0.05, 0) is 31.2 Å². The third kappa shape index (κ3) is 1.93. The van der Waals surface area contributed by atoms with E-state index in [1.54, 1.807) is 31.3 Å². The van der Waals surface area contributed by atoms with E-state index in [1.165, 1.54) is 0 Å². The molecule has 0 amide bonds. The fourth-order valence-corrected chi connectivity index (χ4v) is 1.33. The Balaban J connectivity index is 2.29. The second-order valence-electron chi connectivity index (χ2n) is 3.03. The van der Waals surface area contributed by atoms with Gasteiger partial charge >= 0.3 is 5.97 Å². The average molecular weight is 205 g/mol. The van der Waals surface area contributed by atoms with Crippen LogP contribution in [0.1, 0.15) is 22.8 Å². The van der Waals surface area contributed by atoms with E-state index in [1.807, 2.05) is 6.08 Å². The Morgan fingerprint density at radius 3 is 3.20 bits per heavy atom. The lowest BCUT2D eigenvalue weighted by atomic mass is 10.1. The van der Waals surface area contributed by atoms with Gasteiger partial charge in [-0.2, -0.15) is 0 Å². The van der Waals surface area contributed by atoms with Gasteiger partial charge in [-0.3, -0.25) is 0 Å². The normalized spacial score (nSPS) is 12.3. The quantitative estimate of drug-likeness (QED) is 0.747. The van der Waals surface area contributed by atoms with Crippen LogP contribution in [0.15, 0.2) is 24.4 Å². The van der Waals surface area contributed by atoms with Crippen LogP contribution in [0.5, 0.6) is 5.75 Å². The molecular weight excluding hydrogens is 194 g/mol. The zero-order chi connectivity index (χ0) is 10.7. The molecule has 0 aliphatic carbocycles. The van der Waals surface area contributed by atoms with Crippen molar-refractivity contribution in [3.8, 4) is 5.75 Å². The van der Waals surface area contributed by atoms with E-state index in [0.29, 0.717) is 17.9 Å². The van der Waals surface area contributed by atoms with Gasteiger partial charge in [0.1, 0.15) is 0 Å². The molecule has 0 atom stereocenters. The molecule has 0 unspecified atom stereocenters. The average Bonchev–Trinajstić information content (AvgIpc) is 2.29. The maximum Gasteiger partial charge on any atom is 0.338 e. The maximum atomic E-state index is 11.4. The first kappa shape index (κ1) is 9.58. The van der Waals surface area contributed by atoms with E-state index < -0.39 is 0 Å². The zero-order valence-electron chi connectivity index (χ0n) is 8.32. The highest BCUT2D eigenvalue weighted by atomic mass is 16.6. The van der Waals surface area contributed by atoms with Gasteiger partial charge in [-0.1, -0.05) is 0 Å². The molecule has 0 fully saturated rings. The molecule has 4 nitrogen and oxygen atoms in total. The number of carbonyl (C=O) groups excluding carboxylic acids is 1. The molecule has 1 aliphatic heterocycles. The van der Waals surface area contributed by atoms with Crippen LogP contribution in [0.25, 0.3) is 6.08 Å². The van der Waals surface area contributed by atoms with Crippen LogP contribution >= 0.6 is 0 Å².